The fourth-order valence-electron chi connectivity index (χ4n) is 3.20. The predicted octanol–water partition coefficient (Wildman–Crippen LogP) is 5.90. The number of nitrogens with one attached hydrogen (secondary N) is 1. The Morgan fingerprint density at radius 2 is 2.03 bits per heavy atom. The summed E-state index contributed by atoms with van der Waals surface area (Å²) in [5.41, 5.74) is 1.62. The second-order valence-electron chi connectivity index (χ2n) is 7.53. The highest BCUT2D eigenvalue weighted by Gasteiger charge is 2.28. The number of benzene rings is 2. The molecule has 1 fully saturated rings. The number of aromatic nitrogens is 1. The molecule has 12 heteroatoms. The van der Waals surface area contributed by atoms with E-state index in [9.17, 15) is 9.59 Å². The van der Waals surface area contributed by atoms with E-state index in [0.717, 1.165) is 16.0 Å². The van der Waals surface area contributed by atoms with Gasteiger partial charge in [-0.05, 0) is 47.5 Å². The van der Waals surface area contributed by atoms with Gasteiger partial charge >= 0.3 is 0 Å². The molecule has 0 atom stereocenters. The molecular weight excluding hydrogens is 561 g/mol. The Bertz CT molecular complexity index is 1380. The van der Waals surface area contributed by atoms with Crippen LogP contribution in [-0.2, 0) is 16.0 Å². The summed E-state index contributed by atoms with van der Waals surface area (Å²) in [7, 11) is 3.14. The van der Waals surface area contributed by atoms with Gasteiger partial charge in [-0.3, -0.25) is 19.8 Å². The van der Waals surface area contributed by atoms with Gasteiger partial charge in [0.2, 0.25) is 0 Å². The summed E-state index contributed by atoms with van der Waals surface area (Å²) in [5, 5.41) is 4.40. The first-order chi connectivity index (χ1) is 17.2. The summed E-state index contributed by atoms with van der Waals surface area (Å²) >= 11 is 20.0. The summed E-state index contributed by atoms with van der Waals surface area (Å²) in [6, 6.07) is 10.5. The zero-order valence-electron chi connectivity index (χ0n) is 19.0. The Morgan fingerprint density at radius 3 is 2.75 bits per heavy atom. The van der Waals surface area contributed by atoms with Crippen molar-refractivity contribution in [3.8, 4) is 11.5 Å². The molecule has 7 nitrogen and oxygen atoms in total. The van der Waals surface area contributed by atoms with E-state index in [1.54, 1.807) is 49.7 Å². The van der Waals surface area contributed by atoms with Crippen LogP contribution in [0.4, 0.5) is 5.13 Å². The molecule has 2 amide bonds. The van der Waals surface area contributed by atoms with Crippen molar-refractivity contribution in [2.45, 2.75) is 6.42 Å². The Labute approximate surface area is 231 Å². The molecule has 1 saturated heterocycles. The molecule has 1 N–H and O–H groups in total. The fraction of sp³-hybridized carbons (Fsp3) is 0.167. The second-order valence-corrected chi connectivity index (χ2v) is 11.2. The van der Waals surface area contributed by atoms with Gasteiger partial charge in [0.25, 0.3) is 11.8 Å². The van der Waals surface area contributed by atoms with Gasteiger partial charge in [-0.2, -0.15) is 0 Å². The van der Waals surface area contributed by atoms with Crippen LogP contribution in [0.1, 0.15) is 16.0 Å². The van der Waals surface area contributed by atoms with Crippen LogP contribution in [0.2, 0.25) is 10.0 Å². The number of halogens is 2. The fourth-order valence-corrected chi connectivity index (χ4v) is 5.61. The Balaban J connectivity index is 1.35. The van der Waals surface area contributed by atoms with Crippen molar-refractivity contribution in [1.82, 2.24) is 9.88 Å². The molecule has 186 valence electrons. The molecule has 1 aliphatic rings. The molecule has 3 aromatic rings. The summed E-state index contributed by atoms with van der Waals surface area (Å²) in [5.74, 6) is 0.304. The normalized spacial score (nSPS) is 14.4. The van der Waals surface area contributed by atoms with E-state index in [1.165, 1.54) is 35.1 Å². The van der Waals surface area contributed by atoms with Crippen molar-refractivity contribution in [2.75, 3.05) is 26.1 Å². The van der Waals surface area contributed by atoms with Gasteiger partial charge in [0.1, 0.15) is 4.32 Å². The Morgan fingerprint density at radius 1 is 1.22 bits per heavy atom. The smallest absolute Gasteiger partial charge is 0.265 e. The maximum Gasteiger partial charge on any atom is 0.265 e. The number of thioether (sulfide) groups is 1. The number of carbonyl (C=O) groups is 2. The van der Waals surface area contributed by atoms with Crippen LogP contribution in [0, 0.1) is 0 Å². The molecule has 1 aliphatic heterocycles. The van der Waals surface area contributed by atoms with E-state index >= 15 is 0 Å². The van der Waals surface area contributed by atoms with Gasteiger partial charge in [-0.15, -0.1) is 11.3 Å². The highest BCUT2D eigenvalue weighted by atomic mass is 35.5. The maximum atomic E-state index is 12.4. The molecule has 2 aromatic carbocycles. The number of carbonyl (C=O) groups excluding carboxylic acids is 2. The monoisotopic (exact) mass is 579 g/mol. The quantitative estimate of drug-likeness (QED) is 0.263. The Hall–Kier alpha value is -2.63. The van der Waals surface area contributed by atoms with Crippen molar-refractivity contribution in [3.05, 3.63) is 73.5 Å². The molecule has 0 spiro atoms. The first kappa shape index (κ1) is 26.4. The highest BCUT2D eigenvalue weighted by Crippen LogP contribution is 2.34. The summed E-state index contributed by atoms with van der Waals surface area (Å²) in [6.07, 6.45) is 3.97. The number of amides is 2. The number of likely N-dealkylation sites (N-methyl/N-ethyl adjacent to an activating group) is 1. The highest BCUT2D eigenvalue weighted by molar-refractivity contribution is 8.26. The van der Waals surface area contributed by atoms with Gasteiger partial charge < -0.3 is 9.47 Å². The molecule has 36 heavy (non-hydrogen) atoms. The van der Waals surface area contributed by atoms with Crippen LogP contribution in [0.15, 0.2) is 47.5 Å². The third-order valence-corrected chi connectivity index (χ3v) is 8.00. The van der Waals surface area contributed by atoms with Crippen molar-refractivity contribution in [3.63, 3.8) is 0 Å². The maximum absolute atomic E-state index is 12.4. The van der Waals surface area contributed by atoms with E-state index in [-0.39, 0.29) is 18.4 Å². The molecule has 4 rings (SSSR count). The van der Waals surface area contributed by atoms with Crippen LogP contribution < -0.4 is 14.8 Å². The third kappa shape index (κ3) is 6.37. The number of nitrogens with zero attached hydrogens (tertiary/aromatic N) is 2. The van der Waals surface area contributed by atoms with E-state index < -0.39 is 0 Å². The lowest BCUT2D eigenvalue weighted by molar-refractivity contribution is -0.121. The standard InChI is InChI=1S/C24H19Cl2N3O4S3/c1-29-22(31)20(36-24(29)34)8-13-3-6-18(19(7-13)32-2)33-12-21(30)28-23-27-11-16(35-23)10-14-9-15(25)4-5-17(14)26/h3-9,11H,10,12H2,1-2H3,(H,27,28,30)/b20-8-. The average molecular weight is 581 g/mol. The van der Waals surface area contributed by atoms with Crippen molar-refractivity contribution < 1.29 is 19.1 Å². The van der Waals surface area contributed by atoms with Gasteiger partial charge in [0.05, 0.1) is 12.0 Å². The van der Waals surface area contributed by atoms with E-state index in [0.29, 0.717) is 42.3 Å². The minimum absolute atomic E-state index is 0.151. The predicted molar refractivity (Wildman–Crippen MR) is 149 cm³/mol. The zero-order valence-corrected chi connectivity index (χ0v) is 23.0. The molecule has 0 radical (unpaired) electrons. The molecular formula is C24H19Cl2N3O4S3. The minimum atomic E-state index is -0.366. The lowest BCUT2D eigenvalue weighted by atomic mass is 10.1. The molecule has 2 heterocycles. The van der Waals surface area contributed by atoms with E-state index in [1.807, 2.05) is 6.07 Å². The Kier molecular flexibility index (Phi) is 8.53. The van der Waals surface area contributed by atoms with Gasteiger partial charge in [0.15, 0.2) is 23.2 Å². The number of hydrogen-bond acceptors (Lipinski definition) is 8. The van der Waals surface area contributed by atoms with Crippen molar-refractivity contribution >= 4 is 85.9 Å². The average Bonchev–Trinajstić information content (AvgIpc) is 3.39. The van der Waals surface area contributed by atoms with Crippen LogP contribution in [0.3, 0.4) is 0 Å². The number of ether oxygens (including phenoxy) is 2. The van der Waals surface area contributed by atoms with Crippen LogP contribution >= 0.6 is 58.5 Å². The number of methoxy groups -OCH3 is 1. The largest absolute Gasteiger partial charge is 0.493 e. The van der Waals surface area contributed by atoms with Crippen LogP contribution in [-0.4, -0.2) is 46.8 Å². The number of thiazole rings is 1. The SMILES string of the molecule is COc1cc(/C=C2\SC(=S)N(C)C2=O)ccc1OCC(=O)Nc1ncc(Cc2cc(Cl)ccc2Cl)s1. The molecule has 1 aromatic heterocycles. The van der Waals surface area contributed by atoms with Gasteiger partial charge in [0, 0.05) is 34.6 Å². The lowest BCUT2D eigenvalue weighted by Gasteiger charge is -2.11. The van der Waals surface area contributed by atoms with Crippen molar-refractivity contribution in [2.24, 2.45) is 0 Å². The van der Waals surface area contributed by atoms with Gasteiger partial charge in [-0.1, -0.05) is 53.2 Å². The second kappa shape index (κ2) is 11.6. The molecule has 0 unspecified atom stereocenters. The minimum Gasteiger partial charge on any atom is -0.493 e. The third-order valence-electron chi connectivity index (χ3n) is 5.00. The number of anilines is 1. The summed E-state index contributed by atoms with van der Waals surface area (Å²) in [4.78, 5) is 31.8. The van der Waals surface area contributed by atoms with Crippen molar-refractivity contribution in [1.29, 1.82) is 0 Å². The van der Waals surface area contributed by atoms with Crippen LogP contribution in [0.5, 0.6) is 11.5 Å². The molecule has 0 aliphatic carbocycles. The first-order valence-corrected chi connectivity index (χ1v) is 13.2. The number of rotatable bonds is 8. The topological polar surface area (TPSA) is 80.8 Å². The lowest BCUT2D eigenvalue weighted by Crippen LogP contribution is -2.22. The van der Waals surface area contributed by atoms with E-state index in [4.69, 9.17) is 44.9 Å². The zero-order chi connectivity index (χ0) is 25.8. The van der Waals surface area contributed by atoms with E-state index in [2.05, 4.69) is 10.3 Å². The number of thiocarbonyl (C=S) groups is 1. The van der Waals surface area contributed by atoms with Crippen LogP contribution in [0.25, 0.3) is 6.08 Å². The number of hydrogen-bond donors (Lipinski definition) is 1. The van der Waals surface area contributed by atoms with Gasteiger partial charge in [-0.25, -0.2) is 4.98 Å². The summed E-state index contributed by atoms with van der Waals surface area (Å²) in [6.45, 7) is -0.237. The first-order valence-electron chi connectivity index (χ1n) is 10.4. The summed E-state index contributed by atoms with van der Waals surface area (Å²) < 4.78 is 11.6. The molecule has 0 saturated carbocycles. The molecule has 0 bridgehead atoms.